The molecule has 1 aliphatic carbocycles. The van der Waals surface area contributed by atoms with Crippen molar-refractivity contribution in [3.05, 3.63) is 23.8 Å². The van der Waals surface area contributed by atoms with E-state index in [0.29, 0.717) is 23.0 Å². The Morgan fingerprint density at radius 1 is 1.44 bits per heavy atom. The Labute approximate surface area is 152 Å². The second-order valence-corrected chi connectivity index (χ2v) is 8.53. The number of aromatic nitrogens is 2. The molecule has 2 aliphatic rings. The topological polar surface area (TPSA) is 93.2 Å². The first-order valence-corrected chi connectivity index (χ1v) is 9.66. The van der Waals surface area contributed by atoms with E-state index in [0.717, 1.165) is 9.47 Å². The molecule has 1 aliphatic heterocycles. The molecule has 0 bridgehead atoms. The predicted octanol–water partition coefficient (Wildman–Crippen LogP) is 2.81. The summed E-state index contributed by atoms with van der Waals surface area (Å²) >= 11 is 2.86. The van der Waals surface area contributed by atoms with Crippen LogP contribution in [-0.2, 0) is 4.79 Å². The summed E-state index contributed by atoms with van der Waals surface area (Å²) in [6.45, 7) is 1.84. The second-order valence-electron chi connectivity index (χ2n) is 5.96. The largest absolute Gasteiger partial charge is 0.482 e. The van der Waals surface area contributed by atoms with Gasteiger partial charge in [0.05, 0.1) is 10.9 Å². The lowest BCUT2D eigenvalue weighted by Gasteiger charge is -2.18. The fourth-order valence-electron chi connectivity index (χ4n) is 2.39. The predicted molar refractivity (Wildman–Crippen MR) is 96.8 cm³/mol. The molecular formula is C16H16N4O3S2. The first-order valence-electron chi connectivity index (χ1n) is 7.96. The Morgan fingerprint density at radius 3 is 3.08 bits per heavy atom. The van der Waals surface area contributed by atoms with Crippen LogP contribution in [0, 0.1) is 0 Å². The molecule has 1 atom stereocenters. The van der Waals surface area contributed by atoms with Gasteiger partial charge in [-0.1, -0.05) is 23.1 Å². The second kappa shape index (κ2) is 6.64. The summed E-state index contributed by atoms with van der Waals surface area (Å²) in [6.07, 6.45) is 2.35. The van der Waals surface area contributed by atoms with Crippen LogP contribution in [0.4, 0.5) is 10.8 Å². The smallest absolute Gasteiger partial charge is 0.262 e. The van der Waals surface area contributed by atoms with Crippen molar-refractivity contribution >= 4 is 45.6 Å². The molecule has 2 N–H and O–H groups in total. The van der Waals surface area contributed by atoms with Gasteiger partial charge in [0.2, 0.25) is 5.13 Å². The summed E-state index contributed by atoms with van der Waals surface area (Å²) < 4.78 is 6.08. The van der Waals surface area contributed by atoms with Crippen molar-refractivity contribution < 1.29 is 14.3 Å². The van der Waals surface area contributed by atoms with Crippen LogP contribution in [0.1, 0.15) is 30.1 Å². The molecule has 25 heavy (non-hydrogen) atoms. The zero-order chi connectivity index (χ0) is 17.4. The minimum Gasteiger partial charge on any atom is -0.482 e. The van der Waals surface area contributed by atoms with Crippen molar-refractivity contribution in [1.82, 2.24) is 10.2 Å². The van der Waals surface area contributed by atoms with E-state index in [1.165, 1.54) is 35.9 Å². The van der Waals surface area contributed by atoms with Crippen LogP contribution in [0.15, 0.2) is 22.5 Å². The highest BCUT2D eigenvalue weighted by Crippen LogP contribution is 2.34. The number of amides is 1. The summed E-state index contributed by atoms with van der Waals surface area (Å²) in [5.41, 5.74) is 1.07. The van der Waals surface area contributed by atoms with Crippen LogP contribution in [0.5, 0.6) is 5.75 Å². The van der Waals surface area contributed by atoms with E-state index in [-0.39, 0.29) is 23.5 Å². The fraction of sp³-hybridized carbons (Fsp3) is 0.375. The highest BCUT2D eigenvalue weighted by atomic mass is 32.2. The van der Waals surface area contributed by atoms with E-state index in [2.05, 4.69) is 20.8 Å². The van der Waals surface area contributed by atoms with Crippen molar-refractivity contribution in [3.8, 4) is 5.75 Å². The van der Waals surface area contributed by atoms with Gasteiger partial charge in [0.1, 0.15) is 5.75 Å². The average Bonchev–Trinajstić information content (AvgIpc) is 3.31. The Bertz CT molecular complexity index is 835. The van der Waals surface area contributed by atoms with Gasteiger partial charge in [-0.05, 0) is 38.0 Å². The first-order chi connectivity index (χ1) is 12.1. The molecule has 1 amide bonds. The van der Waals surface area contributed by atoms with Crippen molar-refractivity contribution in [2.24, 2.45) is 0 Å². The number of benzene rings is 1. The average molecular weight is 376 g/mol. The molecule has 2 heterocycles. The number of ketones is 1. The number of rotatable bonds is 6. The molecule has 130 valence electrons. The van der Waals surface area contributed by atoms with Gasteiger partial charge in [0.15, 0.2) is 16.7 Å². The Kier molecular flexibility index (Phi) is 4.34. The lowest BCUT2D eigenvalue weighted by atomic mass is 10.1. The minimum absolute atomic E-state index is 0.000814. The third-order valence-electron chi connectivity index (χ3n) is 3.86. The number of nitrogens with one attached hydrogen (secondary N) is 2. The van der Waals surface area contributed by atoms with Gasteiger partial charge in [-0.2, -0.15) is 0 Å². The molecule has 1 aromatic carbocycles. The molecule has 1 aromatic heterocycles. The maximum absolute atomic E-state index is 12.7. The Morgan fingerprint density at radius 2 is 2.28 bits per heavy atom. The van der Waals surface area contributed by atoms with Gasteiger partial charge in [-0.15, -0.1) is 10.2 Å². The van der Waals surface area contributed by atoms with E-state index < -0.39 is 0 Å². The molecule has 7 nitrogen and oxygen atoms in total. The third kappa shape index (κ3) is 3.77. The van der Waals surface area contributed by atoms with Gasteiger partial charge in [0, 0.05) is 11.6 Å². The molecule has 0 unspecified atom stereocenters. The number of carbonyl (C=O) groups is 2. The van der Waals surface area contributed by atoms with Crippen molar-refractivity contribution in [1.29, 1.82) is 0 Å². The molecule has 0 radical (unpaired) electrons. The van der Waals surface area contributed by atoms with Crippen LogP contribution in [0.2, 0.25) is 0 Å². The highest BCUT2D eigenvalue weighted by Gasteiger charge is 2.24. The molecule has 9 heteroatoms. The van der Waals surface area contributed by atoms with Gasteiger partial charge >= 0.3 is 0 Å². The number of hydrogen-bond donors (Lipinski definition) is 2. The highest BCUT2D eigenvalue weighted by molar-refractivity contribution is 8.02. The van der Waals surface area contributed by atoms with Crippen LogP contribution >= 0.6 is 23.1 Å². The summed E-state index contributed by atoms with van der Waals surface area (Å²) in [4.78, 5) is 24.1. The van der Waals surface area contributed by atoms with Crippen LogP contribution in [0.25, 0.3) is 0 Å². The summed E-state index contributed by atoms with van der Waals surface area (Å²) in [5.74, 6) is 0.333. The van der Waals surface area contributed by atoms with Gasteiger partial charge in [-0.3, -0.25) is 9.59 Å². The lowest BCUT2D eigenvalue weighted by Crippen LogP contribution is -2.25. The summed E-state index contributed by atoms with van der Waals surface area (Å²) in [7, 11) is 0. The Hall–Kier alpha value is -2.13. The number of anilines is 2. The zero-order valence-corrected chi connectivity index (χ0v) is 15.1. The normalized spacial score (nSPS) is 17.2. The molecule has 2 aromatic rings. The monoisotopic (exact) mass is 376 g/mol. The number of nitrogens with zero attached hydrogens (tertiary/aromatic N) is 2. The number of ether oxygens (including phenoxy) is 1. The summed E-state index contributed by atoms with van der Waals surface area (Å²) in [5, 5.41) is 14.8. The number of fused-ring (bicyclic) bond motifs is 1. The Balaban J connectivity index is 1.43. The molecule has 4 rings (SSSR count). The lowest BCUT2D eigenvalue weighted by molar-refractivity contribution is -0.118. The van der Waals surface area contributed by atoms with Gasteiger partial charge in [0.25, 0.3) is 5.91 Å². The minimum atomic E-state index is -0.306. The standard InChI is InChI=1S/C16H16N4O3S2/c1-8(24-16-20-19-15(25-16)17-10-3-4-10)14(22)9-2-5-12-11(6-9)18-13(21)7-23-12/h2,5-6,8,10H,3-4,7H2,1H3,(H,17,19)(H,18,21)/t8-/m1/s1. The number of Topliss-reactive ketones (excluding diaryl/α,β-unsaturated/α-hetero) is 1. The molecule has 1 saturated carbocycles. The molecule has 0 saturated heterocycles. The number of thioether (sulfide) groups is 1. The van der Waals surface area contributed by atoms with E-state index in [9.17, 15) is 9.59 Å². The van der Waals surface area contributed by atoms with E-state index in [1.54, 1.807) is 18.2 Å². The number of carbonyl (C=O) groups excluding carboxylic acids is 2. The maximum atomic E-state index is 12.7. The maximum Gasteiger partial charge on any atom is 0.262 e. The van der Waals surface area contributed by atoms with Gasteiger partial charge < -0.3 is 15.4 Å². The van der Waals surface area contributed by atoms with E-state index in [1.807, 2.05) is 6.92 Å². The first kappa shape index (κ1) is 16.3. The third-order valence-corrected chi connectivity index (χ3v) is 5.89. The SMILES string of the molecule is C[C@@H](Sc1nnc(NC2CC2)s1)C(=O)c1ccc2c(c1)NC(=O)CO2. The van der Waals surface area contributed by atoms with Crippen molar-refractivity contribution in [2.75, 3.05) is 17.2 Å². The van der Waals surface area contributed by atoms with Crippen LogP contribution in [0.3, 0.4) is 0 Å². The molecule has 1 fully saturated rings. The quantitative estimate of drug-likeness (QED) is 0.591. The summed E-state index contributed by atoms with van der Waals surface area (Å²) in [6, 6.07) is 5.61. The van der Waals surface area contributed by atoms with Gasteiger partial charge in [-0.25, -0.2) is 0 Å². The van der Waals surface area contributed by atoms with E-state index in [4.69, 9.17) is 4.74 Å². The number of hydrogen-bond acceptors (Lipinski definition) is 8. The van der Waals surface area contributed by atoms with Crippen LogP contribution < -0.4 is 15.4 Å². The fourth-order valence-corrected chi connectivity index (χ4v) is 4.44. The van der Waals surface area contributed by atoms with Crippen molar-refractivity contribution in [3.63, 3.8) is 0 Å². The zero-order valence-electron chi connectivity index (χ0n) is 13.4. The van der Waals surface area contributed by atoms with Crippen molar-refractivity contribution in [2.45, 2.75) is 35.4 Å². The molecular weight excluding hydrogens is 360 g/mol. The van der Waals surface area contributed by atoms with E-state index >= 15 is 0 Å². The molecule has 0 spiro atoms. The van der Waals surface area contributed by atoms with Crippen LogP contribution in [-0.4, -0.2) is 39.8 Å².